The summed E-state index contributed by atoms with van der Waals surface area (Å²) in [5, 5.41) is 7.29. The molecule has 0 amide bonds. The molecular weight excluding hydrogens is 244 g/mol. The van der Waals surface area contributed by atoms with Gasteiger partial charge in [0.1, 0.15) is 0 Å². The average Bonchev–Trinajstić information content (AvgIpc) is 2.34. The van der Waals surface area contributed by atoms with E-state index in [2.05, 4.69) is 24.5 Å². The molecule has 116 valence electrons. The molecule has 0 aromatic rings. The number of nitrogens with one attached hydrogen (secondary N) is 2. The van der Waals surface area contributed by atoms with Crippen LogP contribution in [0.4, 0.5) is 0 Å². The van der Waals surface area contributed by atoms with Crippen LogP contribution in [0.1, 0.15) is 65.2 Å². The van der Waals surface area contributed by atoms with Gasteiger partial charge in [0.15, 0.2) is 0 Å². The van der Waals surface area contributed by atoms with Crippen molar-refractivity contribution in [2.75, 3.05) is 26.2 Å². The van der Waals surface area contributed by atoms with E-state index in [4.69, 9.17) is 0 Å². The minimum atomic E-state index is 0.676. The Morgan fingerprint density at radius 2 is 1.65 bits per heavy atom. The van der Waals surface area contributed by atoms with Crippen LogP contribution in [0.25, 0.3) is 0 Å². The first-order chi connectivity index (χ1) is 9.63. The van der Waals surface area contributed by atoms with Crippen molar-refractivity contribution in [1.82, 2.24) is 10.6 Å². The van der Waals surface area contributed by atoms with E-state index in [9.17, 15) is 0 Å². The zero-order chi connectivity index (χ0) is 14.1. The number of rotatable bonds is 8. The Morgan fingerprint density at radius 3 is 2.30 bits per heavy atom. The Bertz CT molecular complexity index is 311. The van der Waals surface area contributed by atoms with Crippen LogP contribution < -0.4 is 10.6 Å². The van der Waals surface area contributed by atoms with Gasteiger partial charge in [-0.2, -0.15) is 0 Å². The molecule has 4 bridgehead atoms. The van der Waals surface area contributed by atoms with Crippen molar-refractivity contribution in [3.8, 4) is 0 Å². The molecule has 4 rings (SSSR count). The molecular formula is C18H34N2. The maximum absolute atomic E-state index is 3.80. The summed E-state index contributed by atoms with van der Waals surface area (Å²) in [5.41, 5.74) is 1.38. The highest BCUT2D eigenvalue weighted by Gasteiger charge is 2.55. The SMILES string of the molecule is CCCNCCCNCC12CC3CC(CC(C)(C3)C1)C2. The summed E-state index contributed by atoms with van der Waals surface area (Å²) in [6, 6.07) is 0. The maximum atomic E-state index is 3.80. The third-order valence-corrected chi connectivity index (χ3v) is 6.11. The summed E-state index contributed by atoms with van der Waals surface area (Å²) in [6.07, 6.45) is 11.7. The van der Waals surface area contributed by atoms with Gasteiger partial charge in [-0.1, -0.05) is 13.8 Å². The first-order valence-corrected chi connectivity index (χ1v) is 9.05. The lowest BCUT2D eigenvalue weighted by atomic mass is 9.44. The second-order valence-electron chi connectivity index (χ2n) is 8.55. The van der Waals surface area contributed by atoms with Gasteiger partial charge in [0, 0.05) is 6.54 Å². The average molecular weight is 278 g/mol. The molecule has 4 aliphatic carbocycles. The van der Waals surface area contributed by atoms with E-state index in [-0.39, 0.29) is 0 Å². The van der Waals surface area contributed by atoms with Crippen LogP contribution in [0, 0.1) is 22.7 Å². The summed E-state index contributed by atoms with van der Waals surface area (Å²) in [4.78, 5) is 0. The van der Waals surface area contributed by atoms with Gasteiger partial charge in [0.2, 0.25) is 0 Å². The molecule has 2 N–H and O–H groups in total. The fraction of sp³-hybridized carbons (Fsp3) is 1.00. The lowest BCUT2D eigenvalue weighted by Crippen LogP contribution is -2.54. The van der Waals surface area contributed by atoms with Crippen LogP contribution in [0.5, 0.6) is 0 Å². The predicted octanol–water partition coefficient (Wildman–Crippen LogP) is 3.57. The Hall–Kier alpha value is -0.0800. The van der Waals surface area contributed by atoms with E-state index in [1.807, 2.05) is 0 Å². The number of hydrogen-bond donors (Lipinski definition) is 2. The topological polar surface area (TPSA) is 24.1 Å². The lowest BCUT2D eigenvalue weighted by molar-refractivity contribution is -0.0997. The maximum Gasteiger partial charge on any atom is 0.000822 e. The quantitative estimate of drug-likeness (QED) is 0.663. The smallest absolute Gasteiger partial charge is 0.000822 e. The van der Waals surface area contributed by atoms with Crippen molar-refractivity contribution < 1.29 is 0 Å². The molecule has 0 saturated heterocycles. The molecule has 4 aliphatic rings. The molecule has 0 spiro atoms. The lowest BCUT2D eigenvalue weighted by Gasteiger charge is -2.61. The van der Waals surface area contributed by atoms with E-state index in [1.165, 1.54) is 71.1 Å². The summed E-state index contributed by atoms with van der Waals surface area (Å²) in [7, 11) is 0. The molecule has 0 heterocycles. The van der Waals surface area contributed by atoms with Crippen LogP contribution in [-0.4, -0.2) is 26.2 Å². The van der Waals surface area contributed by atoms with Crippen LogP contribution in [0.3, 0.4) is 0 Å². The van der Waals surface area contributed by atoms with Crippen molar-refractivity contribution in [2.45, 2.75) is 65.2 Å². The zero-order valence-electron chi connectivity index (χ0n) is 13.6. The van der Waals surface area contributed by atoms with Crippen molar-refractivity contribution in [3.63, 3.8) is 0 Å². The Labute approximate surface area is 125 Å². The second-order valence-corrected chi connectivity index (χ2v) is 8.55. The minimum Gasteiger partial charge on any atom is -0.317 e. The highest BCUT2D eigenvalue weighted by molar-refractivity contribution is 5.06. The summed E-state index contributed by atoms with van der Waals surface area (Å²) in [6.45, 7) is 9.66. The largest absolute Gasteiger partial charge is 0.317 e. The van der Waals surface area contributed by atoms with Gasteiger partial charge in [-0.05, 0) is 93.7 Å². The van der Waals surface area contributed by atoms with Crippen molar-refractivity contribution in [2.24, 2.45) is 22.7 Å². The Balaban J connectivity index is 1.41. The molecule has 20 heavy (non-hydrogen) atoms. The molecule has 2 nitrogen and oxygen atoms in total. The third-order valence-electron chi connectivity index (χ3n) is 6.11. The van der Waals surface area contributed by atoms with E-state index >= 15 is 0 Å². The molecule has 4 saturated carbocycles. The summed E-state index contributed by atoms with van der Waals surface area (Å²) >= 11 is 0. The molecule has 0 aromatic carbocycles. The Kier molecular flexibility index (Phi) is 4.42. The molecule has 0 aromatic heterocycles. The van der Waals surface area contributed by atoms with E-state index < -0.39 is 0 Å². The molecule has 0 aliphatic heterocycles. The highest BCUT2D eigenvalue weighted by Crippen LogP contribution is 2.64. The van der Waals surface area contributed by atoms with Gasteiger partial charge in [-0.15, -0.1) is 0 Å². The van der Waals surface area contributed by atoms with Crippen molar-refractivity contribution >= 4 is 0 Å². The van der Waals surface area contributed by atoms with Crippen LogP contribution in [0.15, 0.2) is 0 Å². The molecule has 2 heteroatoms. The standard InChI is InChI=1S/C18H34N2/c1-3-5-19-6-4-7-20-14-18-11-15-8-16(12-18)10-17(2,9-15)13-18/h15-16,19-20H,3-14H2,1-2H3. The summed E-state index contributed by atoms with van der Waals surface area (Å²) in [5.74, 6) is 2.13. The Morgan fingerprint density at radius 1 is 0.950 bits per heavy atom. The summed E-state index contributed by atoms with van der Waals surface area (Å²) < 4.78 is 0. The third kappa shape index (κ3) is 3.22. The highest BCUT2D eigenvalue weighted by atomic mass is 14.9. The van der Waals surface area contributed by atoms with Crippen LogP contribution >= 0.6 is 0 Å². The van der Waals surface area contributed by atoms with Crippen molar-refractivity contribution in [1.29, 1.82) is 0 Å². The first-order valence-electron chi connectivity index (χ1n) is 9.05. The van der Waals surface area contributed by atoms with E-state index in [0.717, 1.165) is 11.8 Å². The monoisotopic (exact) mass is 278 g/mol. The van der Waals surface area contributed by atoms with Gasteiger partial charge in [-0.25, -0.2) is 0 Å². The second kappa shape index (κ2) is 5.96. The molecule has 0 radical (unpaired) electrons. The van der Waals surface area contributed by atoms with Crippen LogP contribution in [0.2, 0.25) is 0 Å². The number of hydrogen-bond acceptors (Lipinski definition) is 2. The van der Waals surface area contributed by atoms with Gasteiger partial charge in [0.25, 0.3) is 0 Å². The normalized spacial score (nSPS) is 42.3. The zero-order valence-corrected chi connectivity index (χ0v) is 13.6. The predicted molar refractivity (Wildman–Crippen MR) is 85.9 cm³/mol. The molecule has 4 fully saturated rings. The van der Waals surface area contributed by atoms with Gasteiger partial charge >= 0.3 is 0 Å². The molecule has 2 unspecified atom stereocenters. The van der Waals surface area contributed by atoms with Crippen LogP contribution in [-0.2, 0) is 0 Å². The fourth-order valence-electron chi connectivity index (χ4n) is 6.13. The fourth-order valence-corrected chi connectivity index (χ4v) is 6.13. The van der Waals surface area contributed by atoms with Gasteiger partial charge < -0.3 is 10.6 Å². The van der Waals surface area contributed by atoms with Crippen molar-refractivity contribution in [3.05, 3.63) is 0 Å². The van der Waals surface area contributed by atoms with E-state index in [1.54, 1.807) is 6.42 Å². The van der Waals surface area contributed by atoms with Gasteiger partial charge in [-0.3, -0.25) is 0 Å². The van der Waals surface area contributed by atoms with Gasteiger partial charge in [0.05, 0.1) is 0 Å². The van der Waals surface area contributed by atoms with E-state index in [0.29, 0.717) is 10.8 Å². The minimum absolute atomic E-state index is 0.676. The molecule has 2 atom stereocenters. The first kappa shape index (κ1) is 14.8.